The fourth-order valence-electron chi connectivity index (χ4n) is 1.67. The van der Waals surface area contributed by atoms with Crippen LogP contribution in [0.4, 0.5) is 4.79 Å². The van der Waals surface area contributed by atoms with Crippen LogP contribution in [0.5, 0.6) is 5.06 Å². The van der Waals surface area contributed by atoms with Crippen LogP contribution < -0.4 is 4.74 Å². The van der Waals surface area contributed by atoms with Crippen molar-refractivity contribution in [2.75, 3.05) is 0 Å². The van der Waals surface area contributed by atoms with Crippen molar-refractivity contribution in [2.24, 2.45) is 0 Å². The Labute approximate surface area is 113 Å². The van der Waals surface area contributed by atoms with E-state index in [-0.39, 0.29) is 0 Å². The minimum atomic E-state index is -0.776. The second kappa shape index (κ2) is 5.85. The molecule has 0 N–H and O–H groups in total. The fourth-order valence-corrected chi connectivity index (χ4v) is 4.16. The molecule has 2 aromatic heterocycles. The van der Waals surface area contributed by atoms with Gasteiger partial charge in [0.25, 0.3) is 0 Å². The van der Waals surface area contributed by atoms with Crippen molar-refractivity contribution in [1.82, 2.24) is 0 Å². The number of carbonyl (C=O) groups excluding carboxylic acids is 1. The molecule has 0 atom stereocenters. The zero-order valence-electron chi connectivity index (χ0n) is 9.49. The molecule has 0 saturated heterocycles. The van der Waals surface area contributed by atoms with Gasteiger partial charge in [0.15, 0.2) is 5.06 Å². The number of hydrogen-bond donors (Lipinski definition) is 0. The van der Waals surface area contributed by atoms with E-state index in [2.05, 4.69) is 13.0 Å². The van der Waals surface area contributed by atoms with E-state index >= 15 is 0 Å². The van der Waals surface area contributed by atoms with Crippen molar-refractivity contribution in [1.29, 1.82) is 0 Å². The minimum Gasteiger partial charge on any atom is -0.403 e. The number of carbonyl (C=O) groups is 1. The largest absolute Gasteiger partial charge is 0.409 e. The molecule has 17 heavy (non-hydrogen) atoms. The number of rotatable bonds is 5. The first-order valence-electron chi connectivity index (χ1n) is 5.58. The molecule has 0 aliphatic heterocycles. The molecule has 0 aliphatic carbocycles. The van der Waals surface area contributed by atoms with Gasteiger partial charge in [-0.05, 0) is 18.9 Å². The van der Waals surface area contributed by atoms with Crippen LogP contribution in [0, 0.1) is 0 Å². The summed E-state index contributed by atoms with van der Waals surface area (Å²) in [6, 6.07) is 4.05. The summed E-state index contributed by atoms with van der Waals surface area (Å²) in [7, 11) is 0. The number of ether oxygens (including phenoxy) is 1. The van der Waals surface area contributed by atoms with Crippen LogP contribution in [0.15, 0.2) is 12.1 Å². The Morgan fingerprint density at radius 1 is 1.35 bits per heavy atom. The van der Waals surface area contributed by atoms with Crippen molar-refractivity contribution >= 4 is 49.1 Å². The van der Waals surface area contributed by atoms with Gasteiger partial charge < -0.3 is 4.74 Å². The Kier molecular flexibility index (Phi) is 4.42. The van der Waals surface area contributed by atoms with Gasteiger partial charge in [0.05, 0.1) is 4.01 Å². The lowest BCUT2D eigenvalue weighted by Crippen LogP contribution is -1.92. The number of unbranched alkanes of at least 4 members (excludes halogenated alkanes) is 2. The summed E-state index contributed by atoms with van der Waals surface area (Å²) in [5.74, 6) is 0. The van der Waals surface area contributed by atoms with Crippen LogP contribution in [0.2, 0.25) is 0 Å². The lowest BCUT2D eigenvalue weighted by Gasteiger charge is -1.94. The molecule has 92 valence electrons. The molecule has 2 nitrogen and oxygen atoms in total. The zero-order valence-corrected chi connectivity index (χ0v) is 11.9. The highest BCUT2D eigenvalue weighted by molar-refractivity contribution is 7.39. The normalized spacial score (nSPS) is 10.9. The van der Waals surface area contributed by atoms with E-state index < -0.39 is 5.43 Å². The molecule has 0 unspecified atom stereocenters. The number of halogens is 1. The Morgan fingerprint density at radius 3 is 2.82 bits per heavy atom. The average Bonchev–Trinajstić information content (AvgIpc) is 2.74. The molecular formula is C12H13ClO2S2. The first-order valence-corrected chi connectivity index (χ1v) is 7.59. The Hall–Kier alpha value is -0.580. The highest BCUT2D eigenvalue weighted by atomic mass is 35.5. The molecule has 0 radical (unpaired) electrons. The van der Waals surface area contributed by atoms with Crippen molar-refractivity contribution in [3.8, 4) is 5.06 Å². The number of aryl methyl sites for hydroxylation is 1. The second-order valence-corrected chi connectivity index (χ2v) is 6.54. The van der Waals surface area contributed by atoms with E-state index in [0.717, 1.165) is 11.8 Å². The van der Waals surface area contributed by atoms with Crippen LogP contribution in [0.25, 0.3) is 9.40 Å². The molecule has 0 bridgehead atoms. The van der Waals surface area contributed by atoms with Gasteiger partial charge in [-0.3, -0.25) is 0 Å². The highest BCUT2D eigenvalue weighted by Gasteiger charge is 2.09. The molecule has 2 heterocycles. The van der Waals surface area contributed by atoms with E-state index in [4.69, 9.17) is 16.3 Å². The third-order valence-corrected chi connectivity index (χ3v) is 4.86. The van der Waals surface area contributed by atoms with Crippen LogP contribution in [0.3, 0.4) is 0 Å². The monoisotopic (exact) mass is 288 g/mol. The van der Waals surface area contributed by atoms with Crippen molar-refractivity contribution in [3.05, 3.63) is 17.0 Å². The predicted molar refractivity (Wildman–Crippen MR) is 74.8 cm³/mol. The molecule has 0 fully saturated rings. The lowest BCUT2D eigenvalue weighted by molar-refractivity contribution is 0.227. The van der Waals surface area contributed by atoms with Crippen LogP contribution in [-0.4, -0.2) is 5.43 Å². The first kappa shape index (κ1) is 12.9. The SMILES string of the molecule is CCCCCc1cc2cc(OC(=O)Cl)sc2s1. The summed E-state index contributed by atoms with van der Waals surface area (Å²) in [5.41, 5.74) is -0.776. The first-order chi connectivity index (χ1) is 8.19. The van der Waals surface area contributed by atoms with Crippen molar-refractivity contribution < 1.29 is 9.53 Å². The number of thiophene rings is 2. The number of fused-ring (bicyclic) bond motifs is 1. The quantitative estimate of drug-likeness (QED) is 0.541. The third-order valence-electron chi connectivity index (χ3n) is 2.45. The fraction of sp³-hybridized carbons (Fsp3) is 0.417. The Balaban J connectivity index is 2.06. The van der Waals surface area contributed by atoms with Gasteiger partial charge in [-0.2, -0.15) is 0 Å². The van der Waals surface area contributed by atoms with Crippen LogP contribution in [0.1, 0.15) is 31.1 Å². The van der Waals surface area contributed by atoms with E-state index in [9.17, 15) is 4.79 Å². The maximum absolute atomic E-state index is 10.6. The molecule has 0 amide bonds. The van der Waals surface area contributed by atoms with E-state index in [1.54, 1.807) is 11.3 Å². The van der Waals surface area contributed by atoms with Gasteiger partial charge in [0.2, 0.25) is 0 Å². The third kappa shape index (κ3) is 3.44. The lowest BCUT2D eigenvalue weighted by atomic mass is 10.2. The summed E-state index contributed by atoms with van der Waals surface area (Å²) >= 11 is 8.43. The Morgan fingerprint density at radius 2 is 2.18 bits per heavy atom. The standard InChI is InChI=1S/C12H13ClO2S2/c1-2-3-4-5-9-6-8-7-10(15-12(13)14)17-11(8)16-9/h6-7H,2-5H2,1H3. The number of hydrogen-bond acceptors (Lipinski definition) is 4. The highest BCUT2D eigenvalue weighted by Crippen LogP contribution is 2.38. The maximum Gasteiger partial charge on any atom is 0.409 e. The summed E-state index contributed by atoms with van der Waals surface area (Å²) in [6.07, 6.45) is 4.91. The van der Waals surface area contributed by atoms with Crippen LogP contribution in [-0.2, 0) is 6.42 Å². The van der Waals surface area contributed by atoms with Gasteiger partial charge in [-0.25, -0.2) is 4.79 Å². The summed E-state index contributed by atoms with van der Waals surface area (Å²) < 4.78 is 6.05. The summed E-state index contributed by atoms with van der Waals surface area (Å²) in [4.78, 5) is 12.0. The molecule has 0 aliphatic rings. The molecule has 0 spiro atoms. The molecule has 2 rings (SSSR count). The van der Waals surface area contributed by atoms with Gasteiger partial charge >= 0.3 is 5.43 Å². The van der Waals surface area contributed by atoms with Gasteiger partial charge in [0, 0.05) is 27.9 Å². The molecule has 5 heteroatoms. The Bertz CT molecular complexity index is 484. The van der Waals surface area contributed by atoms with E-state index in [0.29, 0.717) is 5.06 Å². The molecule has 0 aromatic carbocycles. The average molecular weight is 289 g/mol. The smallest absolute Gasteiger partial charge is 0.403 e. The second-order valence-electron chi connectivity index (χ2n) is 3.82. The van der Waals surface area contributed by atoms with E-state index in [1.807, 2.05) is 6.07 Å². The minimum absolute atomic E-state index is 0.575. The maximum atomic E-state index is 10.6. The summed E-state index contributed by atoms with van der Waals surface area (Å²) in [6.45, 7) is 2.21. The molecular weight excluding hydrogens is 276 g/mol. The van der Waals surface area contributed by atoms with Gasteiger partial charge in [-0.15, -0.1) is 11.3 Å². The van der Waals surface area contributed by atoms with Crippen LogP contribution >= 0.6 is 34.3 Å². The topological polar surface area (TPSA) is 26.3 Å². The van der Waals surface area contributed by atoms with Crippen molar-refractivity contribution in [2.45, 2.75) is 32.6 Å². The van der Waals surface area contributed by atoms with Crippen molar-refractivity contribution in [3.63, 3.8) is 0 Å². The molecule has 0 saturated carbocycles. The van der Waals surface area contributed by atoms with E-state index in [1.165, 1.54) is 39.5 Å². The summed E-state index contributed by atoms with van der Waals surface area (Å²) in [5, 5.41) is 1.73. The zero-order chi connectivity index (χ0) is 12.3. The predicted octanol–water partition coefficient (Wildman–Crippen LogP) is 5.43. The van der Waals surface area contributed by atoms with Gasteiger partial charge in [0.1, 0.15) is 0 Å². The van der Waals surface area contributed by atoms with Gasteiger partial charge in [-0.1, -0.05) is 31.1 Å². The molecule has 2 aromatic rings.